The summed E-state index contributed by atoms with van der Waals surface area (Å²) in [5, 5.41) is 3.63. The van der Waals surface area contributed by atoms with E-state index in [1.807, 2.05) is 42.5 Å². The van der Waals surface area contributed by atoms with Crippen LogP contribution in [0.5, 0.6) is 0 Å². The van der Waals surface area contributed by atoms with Crippen LogP contribution in [0.4, 0.5) is 0 Å². The molecule has 1 amide bonds. The monoisotopic (exact) mass is 363 g/mol. The summed E-state index contributed by atoms with van der Waals surface area (Å²) in [7, 11) is -3.09. The molecular weight excluding hydrogens is 346 g/mol. The lowest BCUT2D eigenvalue weighted by atomic mass is 9.97. The number of halogens is 1. The normalized spacial score (nSPS) is 20.5. The number of hydrogen-bond donors (Lipinski definition) is 1. The summed E-state index contributed by atoms with van der Waals surface area (Å²) in [6.45, 7) is 0. The third-order valence-electron chi connectivity index (χ3n) is 4.23. The molecule has 3 rings (SSSR count). The number of benzene rings is 2. The van der Waals surface area contributed by atoms with E-state index in [1.54, 1.807) is 12.1 Å². The van der Waals surface area contributed by atoms with Crippen molar-refractivity contribution < 1.29 is 13.2 Å². The minimum absolute atomic E-state index is 0.0685. The highest BCUT2D eigenvalue weighted by molar-refractivity contribution is 7.91. The molecule has 1 heterocycles. The van der Waals surface area contributed by atoms with Gasteiger partial charge in [-0.3, -0.25) is 4.79 Å². The van der Waals surface area contributed by atoms with Crippen molar-refractivity contribution in [3.8, 4) is 0 Å². The van der Waals surface area contributed by atoms with Gasteiger partial charge in [0.25, 0.3) is 0 Å². The summed E-state index contributed by atoms with van der Waals surface area (Å²) >= 11 is 5.95. The van der Waals surface area contributed by atoms with Crippen LogP contribution in [0.1, 0.15) is 23.6 Å². The van der Waals surface area contributed by atoms with Crippen LogP contribution < -0.4 is 5.32 Å². The number of carbonyl (C=O) groups is 1. The van der Waals surface area contributed by atoms with Gasteiger partial charge in [0.05, 0.1) is 23.5 Å². The van der Waals surface area contributed by atoms with Crippen LogP contribution in [-0.2, 0) is 14.6 Å². The zero-order valence-electron chi connectivity index (χ0n) is 13.0. The standard InChI is InChI=1S/C18H18ClNO3S/c19-16-8-6-14(7-9-16)17(13-4-2-1-3-5-13)20-18(21)15-10-11-24(22,23)12-15/h1-9,15,17H,10-12H2,(H,20,21)/t15-,17-/m1/s1. The molecule has 2 aromatic rings. The van der Waals surface area contributed by atoms with Gasteiger partial charge in [0.15, 0.2) is 9.84 Å². The lowest BCUT2D eigenvalue weighted by molar-refractivity contribution is -0.124. The Bertz CT molecular complexity index is 819. The predicted molar refractivity (Wildman–Crippen MR) is 94.6 cm³/mol. The van der Waals surface area contributed by atoms with Gasteiger partial charge in [-0.1, -0.05) is 54.1 Å². The molecule has 0 unspecified atom stereocenters. The average Bonchev–Trinajstić information content (AvgIpc) is 2.94. The second-order valence-corrected chi connectivity index (χ2v) is 8.67. The summed E-state index contributed by atoms with van der Waals surface area (Å²) in [6, 6.07) is 16.5. The van der Waals surface area contributed by atoms with E-state index < -0.39 is 15.8 Å². The van der Waals surface area contributed by atoms with Crippen molar-refractivity contribution in [2.75, 3.05) is 11.5 Å². The fraction of sp³-hybridized carbons (Fsp3) is 0.278. The zero-order valence-corrected chi connectivity index (χ0v) is 14.6. The van der Waals surface area contributed by atoms with Crippen LogP contribution in [0, 0.1) is 5.92 Å². The fourth-order valence-corrected chi connectivity index (χ4v) is 4.79. The van der Waals surface area contributed by atoms with Crippen molar-refractivity contribution in [2.24, 2.45) is 5.92 Å². The number of sulfone groups is 1. The molecule has 0 spiro atoms. The van der Waals surface area contributed by atoms with E-state index >= 15 is 0 Å². The van der Waals surface area contributed by atoms with Gasteiger partial charge < -0.3 is 5.32 Å². The van der Waals surface area contributed by atoms with Crippen LogP contribution in [0.15, 0.2) is 54.6 Å². The molecule has 0 bridgehead atoms. The average molecular weight is 364 g/mol. The largest absolute Gasteiger partial charge is 0.345 e. The van der Waals surface area contributed by atoms with Crippen molar-refractivity contribution in [1.29, 1.82) is 0 Å². The summed E-state index contributed by atoms with van der Waals surface area (Å²) < 4.78 is 23.2. The lowest BCUT2D eigenvalue weighted by Gasteiger charge is -2.21. The molecule has 1 aliphatic heterocycles. The van der Waals surface area contributed by atoms with Crippen LogP contribution in [0.3, 0.4) is 0 Å². The Morgan fingerprint density at radius 3 is 2.25 bits per heavy atom. The molecule has 0 aliphatic carbocycles. The summed E-state index contributed by atoms with van der Waals surface area (Å²) in [5.74, 6) is -0.684. The van der Waals surface area contributed by atoms with Crippen LogP contribution in [0.25, 0.3) is 0 Å². The fourth-order valence-electron chi connectivity index (χ4n) is 2.92. The molecule has 1 N–H and O–H groups in total. The molecule has 6 heteroatoms. The Labute approximate surface area is 146 Å². The van der Waals surface area contributed by atoms with Crippen molar-refractivity contribution in [3.63, 3.8) is 0 Å². The van der Waals surface area contributed by atoms with E-state index in [-0.39, 0.29) is 23.5 Å². The van der Waals surface area contributed by atoms with E-state index in [9.17, 15) is 13.2 Å². The molecule has 24 heavy (non-hydrogen) atoms. The molecule has 2 atom stereocenters. The Hall–Kier alpha value is -1.85. The molecule has 2 aromatic carbocycles. The van der Waals surface area contributed by atoms with Crippen molar-refractivity contribution in [1.82, 2.24) is 5.32 Å². The quantitative estimate of drug-likeness (QED) is 0.908. The molecule has 0 radical (unpaired) electrons. The topological polar surface area (TPSA) is 63.2 Å². The third kappa shape index (κ3) is 3.97. The third-order valence-corrected chi connectivity index (χ3v) is 6.25. The maximum absolute atomic E-state index is 12.6. The first kappa shape index (κ1) is 17.0. The van der Waals surface area contributed by atoms with Gasteiger partial charge in [0.1, 0.15) is 0 Å². The molecule has 0 aromatic heterocycles. The molecule has 1 aliphatic rings. The van der Waals surface area contributed by atoms with Crippen LogP contribution >= 0.6 is 11.6 Å². The Morgan fingerprint density at radius 1 is 1.04 bits per heavy atom. The zero-order chi connectivity index (χ0) is 17.2. The molecule has 1 fully saturated rings. The van der Waals surface area contributed by atoms with Gasteiger partial charge >= 0.3 is 0 Å². The Balaban J connectivity index is 1.85. The number of hydrogen-bond acceptors (Lipinski definition) is 3. The van der Waals surface area contributed by atoms with Gasteiger partial charge in [-0.15, -0.1) is 0 Å². The first-order valence-corrected chi connectivity index (χ1v) is 9.96. The van der Waals surface area contributed by atoms with Crippen molar-refractivity contribution in [2.45, 2.75) is 12.5 Å². The maximum Gasteiger partial charge on any atom is 0.224 e. The van der Waals surface area contributed by atoms with Gasteiger partial charge in [0, 0.05) is 5.02 Å². The van der Waals surface area contributed by atoms with E-state index in [4.69, 9.17) is 11.6 Å². The maximum atomic E-state index is 12.6. The van der Waals surface area contributed by atoms with Gasteiger partial charge in [-0.25, -0.2) is 8.42 Å². The Kier molecular flexibility index (Phi) is 4.92. The second-order valence-electron chi connectivity index (χ2n) is 6.00. The lowest BCUT2D eigenvalue weighted by Crippen LogP contribution is -2.35. The summed E-state index contributed by atoms with van der Waals surface area (Å²) in [4.78, 5) is 12.6. The van der Waals surface area contributed by atoms with E-state index in [1.165, 1.54) is 0 Å². The summed E-state index contributed by atoms with van der Waals surface area (Å²) in [5.41, 5.74) is 1.84. The first-order valence-electron chi connectivity index (χ1n) is 7.76. The number of amides is 1. The van der Waals surface area contributed by atoms with Crippen molar-refractivity contribution in [3.05, 3.63) is 70.7 Å². The smallest absolute Gasteiger partial charge is 0.224 e. The van der Waals surface area contributed by atoms with Crippen molar-refractivity contribution >= 4 is 27.3 Å². The number of carbonyl (C=O) groups excluding carboxylic acids is 1. The molecule has 4 nitrogen and oxygen atoms in total. The Morgan fingerprint density at radius 2 is 1.67 bits per heavy atom. The SMILES string of the molecule is O=C(N[C@H](c1ccccc1)c1ccc(Cl)cc1)[C@@H]1CCS(=O)(=O)C1. The predicted octanol–water partition coefficient (Wildman–Crippen LogP) is 2.98. The molecular formula is C18H18ClNO3S. The first-order chi connectivity index (χ1) is 11.4. The van der Waals surface area contributed by atoms with Gasteiger partial charge in [-0.2, -0.15) is 0 Å². The highest BCUT2D eigenvalue weighted by atomic mass is 35.5. The minimum atomic E-state index is -3.09. The number of rotatable bonds is 4. The molecule has 0 saturated carbocycles. The van der Waals surface area contributed by atoms with E-state index in [0.717, 1.165) is 11.1 Å². The second kappa shape index (κ2) is 6.95. The van der Waals surface area contributed by atoms with Crippen LogP contribution in [0.2, 0.25) is 5.02 Å². The molecule has 1 saturated heterocycles. The number of nitrogens with one attached hydrogen (secondary N) is 1. The van der Waals surface area contributed by atoms with Crippen LogP contribution in [-0.4, -0.2) is 25.8 Å². The van der Waals surface area contributed by atoms with Gasteiger partial charge in [0.2, 0.25) is 5.91 Å². The highest BCUT2D eigenvalue weighted by Crippen LogP contribution is 2.26. The highest BCUT2D eigenvalue weighted by Gasteiger charge is 2.34. The molecule has 126 valence electrons. The van der Waals surface area contributed by atoms with Gasteiger partial charge in [-0.05, 0) is 29.7 Å². The van der Waals surface area contributed by atoms with E-state index in [0.29, 0.717) is 11.4 Å². The summed E-state index contributed by atoms with van der Waals surface area (Å²) in [6.07, 6.45) is 0.385. The minimum Gasteiger partial charge on any atom is -0.345 e. The van der Waals surface area contributed by atoms with E-state index in [2.05, 4.69) is 5.32 Å².